The fourth-order valence-corrected chi connectivity index (χ4v) is 2.09. The first kappa shape index (κ1) is 14.4. The van der Waals surface area contributed by atoms with E-state index >= 15 is 0 Å². The normalized spacial score (nSPS) is 11.0. The molecule has 1 aromatic rings. The van der Waals surface area contributed by atoms with Crippen molar-refractivity contribution in [1.82, 2.24) is 9.71 Å². The highest BCUT2D eigenvalue weighted by molar-refractivity contribution is 7.89. The summed E-state index contributed by atoms with van der Waals surface area (Å²) in [6.45, 7) is 3.85. The largest absolute Gasteiger partial charge is 0.368 e. The topological polar surface area (TPSA) is 94.9 Å². The van der Waals surface area contributed by atoms with Crippen LogP contribution >= 0.6 is 0 Å². The van der Waals surface area contributed by atoms with Gasteiger partial charge < -0.3 is 5.32 Å². The van der Waals surface area contributed by atoms with Crippen molar-refractivity contribution < 1.29 is 8.42 Å². The molecule has 0 radical (unpaired) electrons. The maximum Gasteiger partial charge on any atom is 0.213 e. The van der Waals surface area contributed by atoms with E-state index in [1.165, 1.54) is 7.05 Å². The van der Waals surface area contributed by atoms with E-state index in [1.807, 2.05) is 19.9 Å². The molecule has 98 valence electrons. The fraction of sp³-hybridized carbons (Fsp3) is 0.455. The highest BCUT2D eigenvalue weighted by Crippen LogP contribution is 2.17. The van der Waals surface area contributed by atoms with Gasteiger partial charge in [-0.1, -0.05) is 0 Å². The zero-order valence-corrected chi connectivity index (χ0v) is 11.4. The predicted molar refractivity (Wildman–Crippen MR) is 69.8 cm³/mol. The lowest BCUT2D eigenvalue weighted by Crippen LogP contribution is -2.26. The molecule has 0 fully saturated rings. The van der Waals surface area contributed by atoms with Gasteiger partial charge in [0, 0.05) is 12.2 Å². The van der Waals surface area contributed by atoms with Gasteiger partial charge in [0.25, 0.3) is 0 Å². The van der Waals surface area contributed by atoms with Gasteiger partial charge in [-0.2, -0.15) is 5.26 Å². The molecule has 2 N–H and O–H groups in total. The van der Waals surface area contributed by atoms with E-state index in [0.29, 0.717) is 11.4 Å². The van der Waals surface area contributed by atoms with Crippen LogP contribution in [0.25, 0.3) is 0 Å². The number of rotatable bonds is 5. The molecule has 0 bridgehead atoms. The SMILES string of the molecule is CNS(=O)(=O)CCNc1nc(C)cc(C)c1C#N. The molecule has 18 heavy (non-hydrogen) atoms. The van der Waals surface area contributed by atoms with Crippen molar-refractivity contribution in [3.63, 3.8) is 0 Å². The molecular weight excluding hydrogens is 252 g/mol. The first-order valence-electron chi connectivity index (χ1n) is 5.43. The molecule has 0 spiro atoms. The second-order valence-electron chi connectivity index (χ2n) is 3.87. The number of aromatic nitrogens is 1. The Labute approximate surface area is 107 Å². The number of pyridine rings is 1. The molecule has 0 saturated heterocycles. The number of anilines is 1. The van der Waals surface area contributed by atoms with Gasteiger partial charge in [-0.25, -0.2) is 18.1 Å². The monoisotopic (exact) mass is 268 g/mol. The lowest BCUT2D eigenvalue weighted by Gasteiger charge is -2.10. The van der Waals surface area contributed by atoms with Crippen LogP contribution in [0.15, 0.2) is 6.07 Å². The Morgan fingerprint density at radius 1 is 1.44 bits per heavy atom. The molecule has 0 aliphatic carbocycles. The first-order valence-corrected chi connectivity index (χ1v) is 7.08. The Morgan fingerprint density at radius 3 is 2.67 bits per heavy atom. The lowest BCUT2D eigenvalue weighted by atomic mass is 10.1. The molecule has 7 heteroatoms. The summed E-state index contributed by atoms with van der Waals surface area (Å²) in [5.41, 5.74) is 2.05. The van der Waals surface area contributed by atoms with Gasteiger partial charge >= 0.3 is 0 Å². The fourth-order valence-electron chi connectivity index (χ4n) is 1.51. The van der Waals surface area contributed by atoms with E-state index in [0.717, 1.165) is 11.3 Å². The molecular formula is C11H16N4O2S. The van der Waals surface area contributed by atoms with Crippen LogP contribution in [0.4, 0.5) is 5.82 Å². The second kappa shape index (κ2) is 5.80. The summed E-state index contributed by atoms with van der Waals surface area (Å²) < 4.78 is 24.7. The molecule has 0 amide bonds. The summed E-state index contributed by atoms with van der Waals surface area (Å²) in [6.07, 6.45) is 0. The van der Waals surface area contributed by atoms with Crippen molar-refractivity contribution in [3.8, 4) is 6.07 Å². The predicted octanol–water partition coefficient (Wildman–Crippen LogP) is 0.531. The quantitative estimate of drug-likeness (QED) is 0.812. The number of aryl methyl sites for hydroxylation is 2. The summed E-state index contributed by atoms with van der Waals surface area (Å²) >= 11 is 0. The summed E-state index contributed by atoms with van der Waals surface area (Å²) in [6, 6.07) is 3.88. The van der Waals surface area contributed by atoms with Crippen molar-refractivity contribution >= 4 is 15.8 Å². The van der Waals surface area contributed by atoms with Crippen LogP contribution in [0.2, 0.25) is 0 Å². The van der Waals surface area contributed by atoms with Crippen molar-refractivity contribution in [2.24, 2.45) is 0 Å². The Bertz CT molecular complexity index is 575. The zero-order chi connectivity index (χ0) is 13.8. The minimum Gasteiger partial charge on any atom is -0.368 e. The minimum absolute atomic E-state index is 0.0664. The molecule has 0 aliphatic rings. The van der Waals surface area contributed by atoms with E-state index in [2.05, 4.69) is 21.1 Å². The molecule has 0 unspecified atom stereocenters. The standard InChI is InChI=1S/C11H16N4O2S/c1-8-6-9(2)15-11(10(8)7-12)14-4-5-18(16,17)13-3/h6,13H,4-5H2,1-3H3,(H,14,15). The molecule has 0 saturated carbocycles. The molecule has 1 rings (SSSR count). The Hall–Kier alpha value is -1.65. The van der Waals surface area contributed by atoms with Crippen LogP contribution in [0.5, 0.6) is 0 Å². The average molecular weight is 268 g/mol. The highest BCUT2D eigenvalue weighted by Gasteiger charge is 2.10. The minimum atomic E-state index is -3.25. The summed E-state index contributed by atoms with van der Waals surface area (Å²) in [4.78, 5) is 4.20. The lowest BCUT2D eigenvalue weighted by molar-refractivity contribution is 0.588. The van der Waals surface area contributed by atoms with Gasteiger partial charge in [0.2, 0.25) is 10.0 Å². The van der Waals surface area contributed by atoms with Crippen LogP contribution in [0.1, 0.15) is 16.8 Å². The van der Waals surface area contributed by atoms with Crippen molar-refractivity contribution in [2.75, 3.05) is 24.7 Å². The van der Waals surface area contributed by atoms with Crippen LogP contribution in [0, 0.1) is 25.2 Å². The number of nitriles is 1. The third-order valence-electron chi connectivity index (χ3n) is 2.43. The van der Waals surface area contributed by atoms with E-state index < -0.39 is 10.0 Å². The number of nitrogens with zero attached hydrogens (tertiary/aromatic N) is 2. The second-order valence-corrected chi connectivity index (χ2v) is 5.91. The molecule has 0 atom stereocenters. The van der Waals surface area contributed by atoms with E-state index in [1.54, 1.807) is 0 Å². The molecule has 0 aromatic carbocycles. The van der Waals surface area contributed by atoms with Crippen molar-refractivity contribution in [2.45, 2.75) is 13.8 Å². The van der Waals surface area contributed by atoms with Gasteiger partial charge in [0.15, 0.2) is 0 Å². The van der Waals surface area contributed by atoms with Crippen molar-refractivity contribution in [3.05, 3.63) is 22.9 Å². The number of nitrogens with one attached hydrogen (secondary N) is 2. The Morgan fingerprint density at radius 2 is 2.11 bits per heavy atom. The van der Waals surface area contributed by atoms with Gasteiger partial charge in [0.05, 0.1) is 11.3 Å². The third-order valence-corrected chi connectivity index (χ3v) is 3.79. The third kappa shape index (κ3) is 3.68. The Balaban J connectivity index is 2.83. The van der Waals surface area contributed by atoms with Gasteiger partial charge in [-0.15, -0.1) is 0 Å². The van der Waals surface area contributed by atoms with E-state index in [-0.39, 0.29) is 12.3 Å². The van der Waals surface area contributed by atoms with Crippen LogP contribution in [-0.4, -0.2) is 32.7 Å². The Kier molecular flexibility index (Phi) is 4.64. The number of sulfonamides is 1. The first-order chi connectivity index (χ1) is 8.39. The van der Waals surface area contributed by atoms with Crippen molar-refractivity contribution in [1.29, 1.82) is 5.26 Å². The number of hydrogen-bond donors (Lipinski definition) is 2. The molecule has 1 heterocycles. The van der Waals surface area contributed by atoms with E-state index in [9.17, 15) is 8.42 Å². The van der Waals surface area contributed by atoms with Gasteiger partial charge in [0.1, 0.15) is 11.9 Å². The molecule has 6 nitrogen and oxygen atoms in total. The summed E-state index contributed by atoms with van der Waals surface area (Å²) in [5.74, 6) is 0.365. The highest BCUT2D eigenvalue weighted by atomic mass is 32.2. The van der Waals surface area contributed by atoms with Gasteiger partial charge in [-0.3, -0.25) is 0 Å². The van der Waals surface area contributed by atoms with E-state index in [4.69, 9.17) is 5.26 Å². The van der Waals surface area contributed by atoms with Crippen LogP contribution in [-0.2, 0) is 10.0 Å². The molecule has 0 aliphatic heterocycles. The summed E-state index contributed by atoms with van der Waals surface area (Å²) in [7, 11) is -1.89. The van der Waals surface area contributed by atoms with Gasteiger partial charge in [-0.05, 0) is 32.5 Å². The van der Waals surface area contributed by atoms with Crippen LogP contribution < -0.4 is 10.0 Å². The summed E-state index contributed by atoms with van der Waals surface area (Å²) in [5, 5.41) is 11.9. The average Bonchev–Trinajstić information content (AvgIpc) is 2.28. The maximum absolute atomic E-state index is 11.2. The number of hydrogen-bond acceptors (Lipinski definition) is 5. The maximum atomic E-state index is 11.2. The zero-order valence-electron chi connectivity index (χ0n) is 10.6. The molecule has 1 aromatic heterocycles. The smallest absolute Gasteiger partial charge is 0.213 e. The van der Waals surface area contributed by atoms with Crippen LogP contribution in [0.3, 0.4) is 0 Å².